The lowest BCUT2D eigenvalue weighted by atomic mass is 9.69. The van der Waals surface area contributed by atoms with Crippen molar-refractivity contribution in [1.82, 2.24) is 4.90 Å². The fourth-order valence-corrected chi connectivity index (χ4v) is 4.51. The molecule has 3 heteroatoms. The van der Waals surface area contributed by atoms with Crippen LogP contribution in [0.25, 0.3) is 0 Å². The number of rotatable bonds is 5. The number of para-hydroxylation sites is 1. The third-order valence-corrected chi connectivity index (χ3v) is 6.17. The maximum atomic E-state index is 6.10. The Balaban J connectivity index is 1.43. The van der Waals surface area contributed by atoms with E-state index in [4.69, 9.17) is 16.3 Å². The smallest absolute Gasteiger partial charge is 0.119 e. The third-order valence-electron chi connectivity index (χ3n) is 5.92. The molecule has 0 spiro atoms. The monoisotopic (exact) mass is 355 g/mol. The number of hydrogen-bond donors (Lipinski definition) is 0. The second-order valence-corrected chi connectivity index (χ2v) is 7.91. The molecule has 2 aromatic carbocycles. The Kier molecular flexibility index (Phi) is 5.00. The molecule has 1 aliphatic carbocycles. The average molecular weight is 356 g/mol. The average Bonchev–Trinajstić information content (AvgIpc) is 2.62. The summed E-state index contributed by atoms with van der Waals surface area (Å²) < 4.78 is 6.04. The number of halogens is 1. The Bertz CT molecular complexity index is 681. The van der Waals surface area contributed by atoms with Crippen molar-refractivity contribution in [1.29, 1.82) is 0 Å². The van der Waals surface area contributed by atoms with Gasteiger partial charge in [0.05, 0.1) is 6.61 Å². The van der Waals surface area contributed by atoms with Crippen molar-refractivity contribution in [2.75, 3.05) is 19.7 Å². The van der Waals surface area contributed by atoms with Crippen LogP contribution in [0, 0.1) is 5.92 Å². The van der Waals surface area contributed by atoms with Crippen molar-refractivity contribution in [2.45, 2.75) is 37.6 Å². The van der Waals surface area contributed by atoms with E-state index < -0.39 is 0 Å². The molecule has 1 aliphatic heterocycles. The molecule has 1 saturated carbocycles. The van der Waals surface area contributed by atoms with E-state index in [0.717, 1.165) is 23.9 Å². The van der Waals surface area contributed by atoms with Crippen molar-refractivity contribution < 1.29 is 4.74 Å². The lowest BCUT2D eigenvalue weighted by Crippen LogP contribution is -2.55. The zero-order chi connectivity index (χ0) is 17.1. The van der Waals surface area contributed by atoms with Gasteiger partial charge in [-0.15, -0.1) is 0 Å². The first-order valence-electron chi connectivity index (χ1n) is 9.45. The minimum Gasteiger partial charge on any atom is -0.493 e. The van der Waals surface area contributed by atoms with Gasteiger partial charge in [0.2, 0.25) is 0 Å². The Hall–Kier alpha value is -1.51. The fraction of sp³-hybridized carbons (Fsp3) is 0.455. The Morgan fingerprint density at radius 3 is 2.44 bits per heavy atom. The first-order valence-corrected chi connectivity index (χ1v) is 9.83. The van der Waals surface area contributed by atoms with E-state index in [9.17, 15) is 0 Å². The van der Waals surface area contributed by atoms with E-state index in [1.807, 2.05) is 42.5 Å². The van der Waals surface area contributed by atoms with Crippen molar-refractivity contribution >= 4 is 11.6 Å². The lowest BCUT2D eigenvalue weighted by molar-refractivity contribution is -0.0251. The standard InChI is InChI=1S/C22H26ClNO/c23-20-11-9-19(10-12-20)22(13-5-14-22)24-15-4-6-18(16-24)17-25-21-7-2-1-3-8-21/h1-3,7-12,18H,4-6,13-17H2/t18-/m1/s1. The molecule has 4 rings (SSSR count). The summed E-state index contributed by atoms with van der Waals surface area (Å²) in [5, 5.41) is 0.825. The Morgan fingerprint density at radius 2 is 1.76 bits per heavy atom. The van der Waals surface area contributed by atoms with Crippen LogP contribution >= 0.6 is 11.6 Å². The fourth-order valence-electron chi connectivity index (χ4n) is 4.38. The summed E-state index contributed by atoms with van der Waals surface area (Å²) in [5.74, 6) is 1.59. The van der Waals surface area contributed by atoms with Gasteiger partial charge in [0.1, 0.15) is 5.75 Å². The van der Waals surface area contributed by atoms with E-state index >= 15 is 0 Å². The molecule has 0 unspecified atom stereocenters. The van der Waals surface area contributed by atoms with Gasteiger partial charge in [0.25, 0.3) is 0 Å². The molecule has 1 heterocycles. The van der Waals surface area contributed by atoms with E-state index in [0.29, 0.717) is 5.92 Å². The van der Waals surface area contributed by atoms with Gasteiger partial charge in [-0.25, -0.2) is 0 Å². The van der Waals surface area contributed by atoms with Crippen molar-refractivity contribution in [3.05, 3.63) is 65.2 Å². The zero-order valence-corrected chi connectivity index (χ0v) is 15.4. The molecular weight excluding hydrogens is 330 g/mol. The van der Waals surface area contributed by atoms with Crippen LogP contribution < -0.4 is 4.74 Å². The lowest BCUT2D eigenvalue weighted by Gasteiger charge is -2.53. The van der Waals surface area contributed by atoms with E-state index in [1.165, 1.54) is 44.2 Å². The van der Waals surface area contributed by atoms with Gasteiger partial charge in [0, 0.05) is 23.0 Å². The second-order valence-electron chi connectivity index (χ2n) is 7.47. The molecule has 2 nitrogen and oxygen atoms in total. The zero-order valence-electron chi connectivity index (χ0n) is 14.7. The molecule has 0 bridgehead atoms. The van der Waals surface area contributed by atoms with Crippen LogP contribution in [0.1, 0.15) is 37.7 Å². The quantitative estimate of drug-likeness (QED) is 0.701. The summed E-state index contributed by atoms with van der Waals surface area (Å²) in [6.45, 7) is 3.15. The maximum Gasteiger partial charge on any atom is 0.119 e. The molecule has 0 amide bonds. The summed E-state index contributed by atoms with van der Waals surface area (Å²) >= 11 is 6.10. The van der Waals surface area contributed by atoms with Gasteiger partial charge in [-0.3, -0.25) is 4.90 Å². The van der Waals surface area contributed by atoms with Crippen LogP contribution in [0.2, 0.25) is 5.02 Å². The number of ether oxygens (including phenoxy) is 1. The first-order chi connectivity index (χ1) is 12.3. The number of piperidine rings is 1. The van der Waals surface area contributed by atoms with Gasteiger partial charge in [0.15, 0.2) is 0 Å². The van der Waals surface area contributed by atoms with Crippen LogP contribution in [0.4, 0.5) is 0 Å². The third kappa shape index (κ3) is 3.56. The van der Waals surface area contributed by atoms with Gasteiger partial charge in [-0.1, -0.05) is 41.9 Å². The van der Waals surface area contributed by atoms with Gasteiger partial charge < -0.3 is 4.74 Å². The normalized spacial score (nSPS) is 23.0. The largest absolute Gasteiger partial charge is 0.493 e. The highest BCUT2D eigenvalue weighted by Crippen LogP contribution is 2.48. The number of benzene rings is 2. The van der Waals surface area contributed by atoms with Gasteiger partial charge >= 0.3 is 0 Å². The predicted octanol–water partition coefficient (Wildman–Crippen LogP) is 5.51. The topological polar surface area (TPSA) is 12.5 Å². The number of hydrogen-bond acceptors (Lipinski definition) is 2. The summed E-state index contributed by atoms with van der Waals surface area (Å²) in [7, 11) is 0. The summed E-state index contributed by atoms with van der Waals surface area (Å²) in [4.78, 5) is 2.72. The van der Waals surface area contributed by atoms with Crippen molar-refractivity contribution in [3.8, 4) is 5.75 Å². The molecule has 132 valence electrons. The number of likely N-dealkylation sites (tertiary alicyclic amines) is 1. The van der Waals surface area contributed by atoms with Crippen LogP contribution in [0.3, 0.4) is 0 Å². The molecule has 2 fully saturated rings. The molecule has 1 saturated heterocycles. The number of nitrogens with zero attached hydrogens (tertiary/aromatic N) is 1. The maximum absolute atomic E-state index is 6.10. The minimum absolute atomic E-state index is 0.232. The van der Waals surface area contributed by atoms with Crippen LogP contribution in [0.15, 0.2) is 54.6 Å². The van der Waals surface area contributed by atoms with Crippen molar-refractivity contribution in [2.24, 2.45) is 5.92 Å². The Morgan fingerprint density at radius 1 is 1.00 bits per heavy atom. The molecule has 2 aromatic rings. The molecule has 0 aromatic heterocycles. The summed E-state index contributed by atoms with van der Waals surface area (Å²) in [6.07, 6.45) is 6.38. The van der Waals surface area contributed by atoms with Crippen LogP contribution in [-0.4, -0.2) is 24.6 Å². The highest BCUT2D eigenvalue weighted by atomic mass is 35.5. The minimum atomic E-state index is 0.232. The van der Waals surface area contributed by atoms with Crippen molar-refractivity contribution in [3.63, 3.8) is 0 Å². The van der Waals surface area contributed by atoms with Gasteiger partial charge in [-0.2, -0.15) is 0 Å². The SMILES string of the molecule is Clc1ccc(C2(N3CCC[C@@H](COc4ccccc4)C3)CCC2)cc1. The van der Waals surface area contributed by atoms with E-state index in [1.54, 1.807) is 0 Å². The molecule has 0 N–H and O–H groups in total. The summed E-state index contributed by atoms with van der Waals surface area (Å²) in [6, 6.07) is 18.7. The molecule has 2 aliphatic rings. The Labute approximate surface area is 155 Å². The van der Waals surface area contributed by atoms with Crippen LogP contribution in [-0.2, 0) is 5.54 Å². The van der Waals surface area contributed by atoms with Gasteiger partial charge in [-0.05, 0) is 68.5 Å². The molecule has 0 radical (unpaired) electrons. The molecular formula is C22H26ClNO. The predicted molar refractivity (Wildman–Crippen MR) is 103 cm³/mol. The van der Waals surface area contributed by atoms with E-state index in [-0.39, 0.29) is 5.54 Å². The second kappa shape index (κ2) is 7.39. The van der Waals surface area contributed by atoms with E-state index in [2.05, 4.69) is 17.0 Å². The molecule has 25 heavy (non-hydrogen) atoms. The summed E-state index contributed by atoms with van der Waals surface area (Å²) in [5.41, 5.74) is 1.67. The van der Waals surface area contributed by atoms with Crippen LogP contribution in [0.5, 0.6) is 5.75 Å². The highest BCUT2D eigenvalue weighted by molar-refractivity contribution is 6.30. The molecule has 1 atom stereocenters. The highest BCUT2D eigenvalue weighted by Gasteiger charge is 2.45. The first kappa shape index (κ1) is 16.9.